The smallest absolute Gasteiger partial charge is 0.243 e. The first-order valence-corrected chi connectivity index (χ1v) is 24.2. The molecule has 0 radical (unpaired) electrons. The van der Waals surface area contributed by atoms with Crippen LogP contribution in [0.4, 0.5) is 5.82 Å². The van der Waals surface area contributed by atoms with Crippen LogP contribution in [0.1, 0.15) is 41.5 Å². The normalized spacial score (nSPS) is 13.3. The minimum absolute atomic E-state index is 0.00490. The lowest BCUT2D eigenvalue weighted by Gasteiger charge is -2.27. The van der Waals surface area contributed by atoms with Crippen molar-refractivity contribution in [3.05, 3.63) is 186 Å². The number of nitrogens with zero attached hydrogens (tertiary/aromatic N) is 1. The minimum atomic E-state index is -1.26. The fraction of sp³-hybridized carbons (Fsp3) is 0.228. The van der Waals surface area contributed by atoms with Crippen molar-refractivity contribution in [3.63, 3.8) is 0 Å². The molecule has 0 aliphatic rings. The predicted octanol–water partition coefficient (Wildman–Crippen LogP) is 5.88. The van der Waals surface area contributed by atoms with Gasteiger partial charge in [-0.05, 0) is 95.1 Å². The number of nitrogens with two attached hydrogens (primary N) is 2. The molecule has 5 amide bonds. The number of aromatic amines is 1. The van der Waals surface area contributed by atoms with Gasteiger partial charge in [-0.1, -0.05) is 121 Å². The highest BCUT2D eigenvalue weighted by Crippen LogP contribution is 2.22. The summed E-state index contributed by atoms with van der Waals surface area (Å²) in [5.41, 5.74) is 16.9. The van der Waals surface area contributed by atoms with E-state index >= 15 is 0 Å². The van der Waals surface area contributed by atoms with Crippen LogP contribution in [-0.2, 0) is 49.7 Å². The van der Waals surface area contributed by atoms with E-state index < -0.39 is 59.7 Å². The van der Waals surface area contributed by atoms with Crippen LogP contribution in [0.15, 0.2) is 164 Å². The number of phenolic OH excluding ortho intramolecular Hbond substituents is 1. The highest BCUT2D eigenvalue weighted by molar-refractivity contribution is 5.97. The number of H-pyrrole nitrogens is 1. The standard InChI is InChI=1S/C57H59N9O6/c58-45(31-37-22-26-43(67)27-23-37)54(69)64-50(33-38-21-24-39-14-4-5-16-41(39)30-38)56(71)66-51(34-42-35-61-47-19-9-7-17-44(42)47)57(72)65-49(32-36-12-2-1-3-13-36)55(70)63-48(53(59)68)20-10-11-29-60-52-28-25-40-15-6-8-18-46(40)62-52/h1-9,12-19,21-28,30,35,45,48-51,61,67H,10-11,20,29,31-34,58H2,(H2,59,68)(H,60,62)(H,63,70)(H,64,69)(H,65,72)(H,66,71)/t45-,48+,49-,50-,51+/m1/s1. The van der Waals surface area contributed by atoms with Crippen LogP contribution >= 0.6 is 0 Å². The fourth-order valence-corrected chi connectivity index (χ4v) is 8.81. The van der Waals surface area contributed by atoms with Gasteiger partial charge in [-0.25, -0.2) is 4.98 Å². The lowest BCUT2D eigenvalue weighted by atomic mass is 9.98. The second kappa shape index (κ2) is 23.8. The Balaban J connectivity index is 1.01. The first kappa shape index (κ1) is 49.8. The van der Waals surface area contributed by atoms with Crippen LogP contribution in [0.5, 0.6) is 5.75 Å². The third kappa shape index (κ3) is 13.4. The molecule has 5 atom stereocenters. The Morgan fingerprint density at radius 2 is 1.11 bits per heavy atom. The van der Waals surface area contributed by atoms with Crippen molar-refractivity contribution >= 4 is 67.9 Å². The number of phenols is 1. The molecule has 0 unspecified atom stereocenters. The Morgan fingerprint density at radius 1 is 0.542 bits per heavy atom. The van der Waals surface area contributed by atoms with E-state index in [0.29, 0.717) is 24.9 Å². The van der Waals surface area contributed by atoms with E-state index in [2.05, 4.69) is 36.6 Å². The lowest BCUT2D eigenvalue weighted by molar-refractivity contribution is -0.134. The maximum absolute atomic E-state index is 14.8. The van der Waals surface area contributed by atoms with Crippen LogP contribution in [-0.4, -0.2) is 81.4 Å². The van der Waals surface area contributed by atoms with Gasteiger partial charge in [0.1, 0.15) is 35.7 Å². The molecule has 6 aromatic carbocycles. The number of carbonyl (C=O) groups excluding carboxylic acids is 5. The van der Waals surface area contributed by atoms with E-state index in [1.54, 1.807) is 18.3 Å². The summed E-state index contributed by atoms with van der Waals surface area (Å²) in [4.78, 5) is 78.5. The largest absolute Gasteiger partial charge is 0.508 e. The zero-order chi connectivity index (χ0) is 50.4. The van der Waals surface area contributed by atoms with E-state index in [0.717, 1.165) is 55.1 Å². The number of hydrogen-bond acceptors (Lipinski definition) is 9. The number of nitrogens with one attached hydrogen (secondary N) is 6. The molecule has 0 fully saturated rings. The summed E-state index contributed by atoms with van der Waals surface area (Å²) >= 11 is 0. The zero-order valence-corrected chi connectivity index (χ0v) is 39.7. The summed E-state index contributed by atoms with van der Waals surface area (Å²) in [5.74, 6) is -2.47. The third-order valence-corrected chi connectivity index (χ3v) is 12.7. The molecule has 0 aliphatic carbocycles. The van der Waals surface area contributed by atoms with Gasteiger partial charge < -0.3 is 48.1 Å². The Bertz CT molecular complexity index is 3160. The summed E-state index contributed by atoms with van der Waals surface area (Å²) in [6.45, 7) is 0.570. The van der Waals surface area contributed by atoms with Crippen molar-refractivity contribution in [2.75, 3.05) is 11.9 Å². The van der Waals surface area contributed by atoms with Crippen LogP contribution < -0.4 is 38.1 Å². The zero-order valence-electron chi connectivity index (χ0n) is 39.7. The molecular formula is C57H59N9O6. The quantitative estimate of drug-likeness (QED) is 0.0347. The summed E-state index contributed by atoms with van der Waals surface area (Å²) in [6, 6.07) is 42.6. The van der Waals surface area contributed by atoms with Crippen LogP contribution in [0.25, 0.3) is 32.6 Å². The number of primary amides is 1. The second-order valence-electron chi connectivity index (χ2n) is 18.1. The first-order valence-electron chi connectivity index (χ1n) is 24.2. The number of amides is 5. The van der Waals surface area contributed by atoms with Gasteiger partial charge in [0, 0.05) is 48.3 Å². The van der Waals surface area contributed by atoms with Crippen LogP contribution in [0.3, 0.4) is 0 Å². The van der Waals surface area contributed by atoms with Crippen molar-refractivity contribution < 1.29 is 29.1 Å². The Labute approximate surface area is 417 Å². The summed E-state index contributed by atoms with van der Waals surface area (Å²) in [6.07, 6.45) is 3.46. The maximum Gasteiger partial charge on any atom is 0.243 e. The average molecular weight is 966 g/mol. The molecule has 0 saturated heterocycles. The van der Waals surface area contributed by atoms with Gasteiger partial charge in [-0.2, -0.15) is 0 Å². The second-order valence-corrected chi connectivity index (χ2v) is 18.1. The lowest BCUT2D eigenvalue weighted by Crippen LogP contribution is -2.60. The minimum Gasteiger partial charge on any atom is -0.508 e. The average Bonchev–Trinajstić information content (AvgIpc) is 3.80. The molecular weight excluding hydrogens is 907 g/mol. The monoisotopic (exact) mass is 965 g/mol. The molecule has 0 spiro atoms. The van der Waals surface area contributed by atoms with Crippen molar-refractivity contribution in [2.45, 2.75) is 75.2 Å². The van der Waals surface area contributed by atoms with Gasteiger partial charge in [0.2, 0.25) is 29.5 Å². The number of hydrogen-bond donors (Lipinski definition) is 9. The molecule has 11 N–H and O–H groups in total. The van der Waals surface area contributed by atoms with Crippen molar-refractivity contribution in [1.29, 1.82) is 0 Å². The molecule has 2 heterocycles. The van der Waals surface area contributed by atoms with Gasteiger partial charge in [0.25, 0.3) is 0 Å². The summed E-state index contributed by atoms with van der Waals surface area (Å²) in [5, 5.41) is 28.4. The van der Waals surface area contributed by atoms with E-state index in [4.69, 9.17) is 11.5 Å². The summed E-state index contributed by atoms with van der Waals surface area (Å²) < 4.78 is 0. The molecule has 0 aliphatic heterocycles. The highest BCUT2D eigenvalue weighted by Gasteiger charge is 2.33. The molecule has 72 heavy (non-hydrogen) atoms. The molecule has 368 valence electrons. The number of pyridine rings is 1. The van der Waals surface area contributed by atoms with E-state index in [-0.39, 0.29) is 37.9 Å². The first-order chi connectivity index (χ1) is 34.9. The molecule has 15 heteroatoms. The van der Waals surface area contributed by atoms with Crippen LogP contribution in [0, 0.1) is 0 Å². The fourth-order valence-electron chi connectivity index (χ4n) is 8.81. The van der Waals surface area contributed by atoms with Gasteiger partial charge >= 0.3 is 0 Å². The molecule has 2 aromatic heterocycles. The van der Waals surface area contributed by atoms with Gasteiger partial charge in [-0.3, -0.25) is 24.0 Å². The number of fused-ring (bicyclic) bond motifs is 3. The van der Waals surface area contributed by atoms with E-state index in [9.17, 15) is 29.1 Å². The Kier molecular flexibility index (Phi) is 16.5. The number of anilines is 1. The number of rotatable bonds is 23. The topological polar surface area (TPSA) is 246 Å². The SMILES string of the molecule is NC(=O)[C@H](CCCCNc1ccc2ccccc2n1)NC(=O)[C@@H](Cc1ccccc1)NC(=O)[C@H](Cc1c[nH]c2ccccc12)NC(=O)[C@@H](Cc1ccc2ccccc2c1)NC(=O)[C@H](N)Cc1ccc(O)cc1. The highest BCUT2D eigenvalue weighted by atomic mass is 16.3. The van der Waals surface area contributed by atoms with Crippen molar-refractivity contribution in [1.82, 2.24) is 31.2 Å². The van der Waals surface area contributed by atoms with E-state index in [1.165, 1.54) is 12.1 Å². The third-order valence-electron chi connectivity index (χ3n) is 12.7. The van der Waals surface area contributed by atoms with Crippen molar-refractivity contribution in [2.24, 2.45) is 11.5 Å². The maximum atomic E-state index is 14.8. The number of aromatic hydroxyl groups is 1. The molecule has 0 saturated carbocycles. The Morgan fingerprint density at radius 3 is 1.85 bits per heavy atom. The number of para-hydroxylation sites is 2. The molecule has 15 nitrogen and oxygen atoms in total. The number of benzene rings is 6. The number of aromatic nitrogens is 2. The molecule has 8 aromatic rings. The molecule has 0 bridgehead atoms. The predicted molar refractivity (Wildman–Crippen MR) is 281 cm³/mol. The number of unbranched alkanes of at least 4 members (excludes halogenated alkanes) is 1. The Hall–Kier alpha value is -8.56. The van der Waals surface area contributed by atoms with Crippen molar-refractivity contribution in [3.8, 4) is 5.75 Å². The van der Waals surface area contributed by atoms with Crippen LogP contribution in [0.2, 0.25) is 0 Å². The van der Waals surface area contributed by atoms with Gasteiger partial charge in [0.05, 0.1) is 11.6 Å². The van der Waals surface area contributed by atoms with Gasteiger partial charge in [0.15, 0.2) is 0 Å². The number of carbonyl (C=O) groups is 5. The summed E-state index contributed by atoms with van der Waals surface area (Å²) in [7, 11) is 0. The molecule has 8 rings (SSSR count). The van der Waals surface area contributed by atoms with Gasteiger partial charge in [-0.15, -0.1) is 0 Å². The van der Waals surface area contributed by atoms with E-state index in [1.807, 2.05) is 133 Å².